The van der Waals surface area contributed by atoms with Gasteiger partial charge in [0.15, 0.2) is 5.69 Å². The van der Waals surface area contributed by atoms with Gasteiger partial charge in [-0.3, -0.25) is 4.79 Å². The highest BCUT2D eigenvalue weighted by Crippen LogP contribution is 2.53. The van der Waals surface area contributed by atoms with E-state index in [4.69, 9.17) is 4.74 Å². The van der Waals surface area contributed by atoms with Crippen molar-refractivity contribution in [3.63, 3.8) is 0 Å². The minimum atomic E-state index is -0.265. The van der Waals surface area contributed by atoms with Crippen LogP contribution in [0.5, 0.6) is 5.75 Å². The van der Waals surface area contributed by atoms with Gasteiger partial charge in [-0.05, 0) is 25.5 Å². The molecule has 20 heavy (non-hydrogen) atoms. The molecule has 1 heterocycles. The zero-order chi connectivity index (χ0) is 15.1. The van der Waals surface area contributed by atoms with E-state index >= 15 is 0 Å². The Morgan fingerprint density at radius 1 is 1.50 bits per heavy atom. The molecule has 1 aliphatic rings. The van der Waals surface area contributed by atoms with Crippen molar-refractivity contribution in [2.45, 2.75) is 38.8 Å². The molecule has 0 bridgehead atoms. The van der Waals surface area contributed by atoms with Gasteiger partial charge in [0.05, 0.1) is 5.60 Å². The smallest absolute Gasteiger partial charge is 0.276 e. The van der Waals surface area contributed by atoms with Crippen molar-refractivity contribution in [3.05, 3.63) is 24.0 Å². The summed E-state index contributed by atoms with van der Waals surface area (Å²) < 4.78 is 5.58. The zero-order valence-electron chi connectivity index (χ0n) is 12.7. The molecule has 5 heteroatoms. The Hall–Kier alpha value is -1.62. The van der Waals surface area contributed by atoms with Gasteiger partial charge in [0, 0.05) is 31.8 Å². The molecule has 0 aromatic carbocycles. The number of aromatic hydroxyl groups is 1. The van der Waals surface area contributed by atoms with Crippen molar-refractivity contribution in [2.24, 2.45) is 5.41 Å². The first-order valence-corrected chi connectivity index (χ1v) is 6.71. The Morgan fingerprint density at radius 3 is 2.65 bits per heavy atom. The molecule has 0 radical (unpaired) electrons. The predicted molar refractivity (Wildman–Crippen MR) is 75.6 cm³/mol. The number of methoxy groups -OCH3 is 1. The van der Waals surface area contributed by atoms with E-state index in [1.54, 1.807) is 25.1 Å². The summed E-state index contributed by atoms with van der Waals surface area (Å²) in [4.78, 5) is 18.1. The number of aromatic nitrogens is 1. The van der Waals surface area contributed by atoms with E-state index < -0.39 is 0 Å². The fourth-order valence-electron chi connectivity index (χ4n) is 2.95. The van der Waals surface area contributed by atoms with Gasteiger partial charge in [-0.15, -0.1) is 0 Å². The zero-order valence-corrected chi connectivity index (χ0v) is 12.7. The lowest BCUT2D eigenvalue weighted by Crippen LogP contribution is -2.68. The van der Waals surface area contributed by atoms with E-state index in [2.05, 4.69) is 25.8 Å². The van der Waals surface area contributed by atoms with Crippen LogP contribution in [0.2, 0.25) is 0 Å². The first kappa shape index (κ1) is 14.8. The third-order valence-electron chi connectivity index (χ3n) is 5.01. The number of nitrogens with zero attached hydrogens (tertiary/aromatic N) is 2. The standard InChI is InChI=1S/C15H22N2O3/c1-14(2)11(9-15(14,3)20-5)17(4)13(19)12-10(18)7-6-8-16-12/h6-8,11,18H,9H2,1-5H3/t11-,15+/m1/s1. The third-order valence-corrected chi connectivity index (χ3v) is 5.01. The Kier molecular flexibility index (Phi) is 3.50. The van der Waals surface area contributed by atoms with Gasteiger partial charge in [0.2, 0.25) is 0 Å². The summed E-state index contributed by atoms with van der Waals surface area (Å²) >= 11 is 0. The summed E-state index contributed by atoms with van der Waals surface area (Å²) in [7, 11) is 3.45. The van der Waals surface area contributed by atoms with Crippen molar-refractivity contribution in [3.8, 4) is 5.75 Å². The van der Waals surface area contributed by atoms with E-state index in [1.807, 2.05) is 0 Å². The normalized spacial score (nSPS) is 27.8. The lowest BCUT2D eigenvalue weighted by atomic mass is 9.55. The summed E-state index contributed by atoms with van der Waals surface area (Å²) in [6, 6.07) is 3.13. The summed E-state index contributed by atoms with van der Waals surface area (Å²) in [6.45, 7) is 6.24. The molecule has 2 atom stereocenters. The van der Waals surface area contributed by atoms with Crippen molar-refractivity contribution >= 4 is 5.91 Å². The lowest BCUT2D eigenvalue weighted by molar-refractivity contribution is -0.198. The van der Waals surface area contributed by atoms with Crippen LogP contribution in [0.3, 0.4) is 0 Å². The number of amides is 1. The fraction of sp³-hybridized carbons (Fsp3) is 0.600. The van der Waals surface area contributed by atoms with Crippen LogP contribution in [0.15, 0.2) is 18.3 Å². The molecule has 1 fully saturated rings. The molecule has 5 nitrogen and oxygen atoms in total. The SMILES string of the molecule is CO[C@@]1(C)C[C@@H](N(C)C(=O)c2ncccc2O)C1(C)C. The lowest BCUT2D eigenvalue weighted by Gasteiger charge is -2.61. The van der Waals surface area contributed by atoms with Crippen LogP contribution in [0, 0.1) is 5.41 Å². The molecule has 1 aromatic heterocycles. The van der Waals surface area contributed by atoms with E-state index in [-0.39, 0.29) is 34.4 Å². The molecule has 1 aliphatic carbocycles. The Morgan fingerprint density at radius 2 is 2.15 bits per heavy atom. The van der Waals surface area contributed by atoms with Crippen LogP contribution < -0.4 is 0 Å². The van der Waals surface area contributed by atoms with Crippen LogP contribution in [0.1, 0.15) is 37.7 Å². The molecule has 0 spiro atoms. The Balaban J connectivity index is 2.20. The number of hydrogen-bond donors (Lipinski definition) is 1. The largest absolute Gasteiger partial charge is 0.505 e. The molecule has 1 N–H and O–H groups in total. The average Bonchev–Trinajstić information content (AvgIpc) is 2.43. The van der Waals surface area contributed by atoms with Crippen molar-refractivity contribution in [1.29, 1.82) is 0 Å². The molecule has 0 unspecified atom stereocenters. The Bertz CT molecular complexity index is 530. The number of ether oxygens (including phenoxy) is 1. The van der Waals surface area contributed by atoms with Gasteiger partial charge in [-0.1, -0.05) is 13.8 Å². The number of pyridine rings is 1. The van der Waals surface area contributed by atoms with Gasteiger partial charge in [0.1, 0.15) is 5.75 Å². The first-order valence-electron chi connectivity index (χ1n) is 6.71. The van der Waals surface area contributed by atoms with E-state index in [1.165, 1.54) is 12.3 Å². The molecular formula is C15H22N2O3. The monoisotopic (exact) mass is 278 g/mol. The van der Waals surface area contributed by atoms with E-state index in [0.717, 1.165) is 6.42 Å². The highest BCUT2D eigenvalue weighted by atomic mass is 16.5. The molecule has 1 aromatic rings. The van der Waals surface area contributed by atoms with Crippen LogP contribution >= 0.6 is 0 Å². The number of carbonyl (C=O) groups is 1. The van der Waals surface area contributed by atoms with Crippen LogP contribution in [-0.2, 0) is 4.74 Å². The minimum absolute atomic E-state index is 0.0568. The average molecular weight is 278 g/mol. The Labute approximate surface area is 119 Å². The van der Waals surface area contributed by atoms with E-state index in [0.29, 0.717) is 0 Å². The highest BCUT2D eigenvalue weighted by molar-refractivity contribution is 5.95. The maximum absolute atomic E-state index is 12.4. The van der Waals surface area contributed by atoms with Gasteiger partial charge < -0.3 is 14.7 Å². The molecule has 1 amide bonds. The number of carbonyl (C=O) groups excluding carboxylic acids is 1. The second-order valence-corrected chi connectivity index (χ2v) is 6.16. The van der Waals surface area contributed by atoms with Gasteiger partial charge in [-0.2, -0.15) is 0 Å². The minimum Gasteiger partial charge on any atom is -0.505 e. The van der Waals surface area contributed by atoms with E-state index in [9.17, 15) is 9.90 Å². The molecule has 110 valence electrons. The quantitative estimate of drug-likeness (QED) is 0.919. The maximum atomic E-state index is 12.4. The van der Waals surface area contributed by atoms with Crippen molar-refractivity contribution < 1.29 is 14.6 Å². The topological polar surface area (TPSA) is 62.7 Å². The predicted octanol–water partition coefficient (Wildman–Crippen LogP) is 2.06. The summed E-state index contributed by atoms with van der Waals surface area (Å²) in [5.74, 6) is -0.352. The van der Waals surface area contributed by atoms with Gasteiger partial charge >= 0.3 is 0 Å². The highest BCUT2D eigenvalue weighted by Gasteiger charge is 2.60. The molecule has 0 saturated heterocycles. The number of hydrogen-bond acceptors (Lipinski definition) is 4. The maximum Gasteiger partial charge on any atom is 0.276 e. The van der Waals surface area contributed by atoms with Crippen LogP contribution in [0.4, 0.5) is 0 Å². The summed E-state index contributed by atoms with van der Waals surface area (Å²) in [5.41, 5.74) is -0.300. The third kappa shape index (κ3) is 1.97. The molecule has 0 aliphatic heterocycles. The number of rotatable bonds is 3. The fourth-order valence-corrected chi connectivity index (χ4v) is 2.95. The van der Waals surface area contributed by atoms with Crippen molar-refractivity contribution in [1.82, 2.24) is 9.88 Å². The second kappa shape index (κ2) is 4.74. The molecule has 2 rings (SSSR count). The molecular weight excluding hydrogens is 256 g/mol. The van der Waals surface area contributed by atoms with Crippen LogP contribution in [0.25, 0.3) is 0 Å². The summed E-state index contributed by atoms with van der Waals surface area (Å²) in [5, 5.41) is 9.75. The van der Waals surface area contributed by atoms with Gasteiger partial charge in [0.25, 0.3) is 5.91 Å². The molecule has 1 saturated carbocycles. The van der Waals surface area contributed by atoms with Gasteiger partial charge in [-0.25, -0.2) is 4.98 Å². The van der Waals surface area contributed by atoms with Crippen molar-refractivity contribution in [2.75, 3.05) is 14.2 Å². The summed E-state index contributed by atoms with van der Waals surface area (Å²) in [6.07, 6.45) is 2.28. The second-order valence-electron chi connectivity index (χ2n) is 6.16. The van der Waals surface area contributed by atoms with Crippen LogP contribution in [-0.4, -0.2) is 46.7 Å². The first-order chi connectivity index (χ1) is 9.24.